The topological polar surface area (TPSA) is 104 Å². The summed E-state index contributed by atoms with van der Waals surface area (Å²) in [7, 11) is 1.61. The Morgan fingerprint density at radius 2 is 2.03 bits per heavy atom. The number of anilines is 1. The third-order valence-electron chi connectivity index (χ3n) is 6.20. The average molecular weight is 551 g/mol. The lowest BCUT2D eigenvalue weighted by Gasteiger charge is -2.21. The molecule has 0 saturated carbocycles. The molecule has 39 heavy (non-hydrogen) atoms. The molecular weight excluding hydrogens is 509 g/mol. The van der Waals surface area contributed by atoms with Gasteiger partial charge in [-0.2, -0.15) is 13.2 Å². The second-order valence-corrected chi connectivity index (χ2v) is 9.14. The number of nitrogens with zero attached hydrogens (tertiary/aromatic N) is 3. The first-order valence-electron chi connectivity index (χ1n) is 13.3. The first-order chi connectivity index (χ1) is 18.6. The number of unbranched alkanes of at least 4 members (excludes halogenated alkanes) is 1. The van der Waals surface area contributed by atoms with Gasteiger partial charge in [0.2, 0.25) is 5.91 Å². The number of amidine groups is 2. The van der Waals surface area contributed by atoms with E-state index in [2.05, 4.69) is 20.6 Å². The van der Waals surface area contributed by atoms with Gasteiger partial charge >= 0.3 is 6.18 Å². The van der Waals surface area contributed by atoms with Gasteiger partial charge in [-0.15, -0.1) is 0 Å². The van der Waals surface area contributed by atoms with Gasteiger partial charge in [0.25, 0.3) is 0 Å². The van der Waals surface area contributed by atoms with E-state index in [4.69, 9.17) is 10.5 Å². The Kier molecular flexibility index (Phi) is 13.0. The molecule has 1 aromatic rings. The lowest BCUT2D eigenvalue weighted by atomic mass is 10.1. The number of amides is 1. The molecule has 0 spiro atoms. The summed E-state index contributed by atoms with van der Waals surface area (Å²) in [6.07, 6.45) is 0.500. The number of aliphatic imine (C=N–C) groups is 2. The molecule has 1 aliphatic heterocycles. The van der Waals surface area contributed by atoms with Gasteiger partial charge in [-0.05, 0) is 49.9 Å². The molecule has 2 rings (SSSR count). The zero-order valence-corrected chi connectivity index (χ0v) is 23.3. The Hall–Kier alpha value is -3.34. The van der Waals surface area contributed by atoms with Crippen LogP contribution in [-0.2, 0) is 16.0 Å². The highest BCUT2D eigenvalue weighted by Crippen LogP contribution is 2.31. The van der Waals surface area contributed by atoms with E-state index in [1.807, 2.05) is 26.0 Å². The molecule has 0 aliphatic carbocycles. The number of allylic oxidation sites excluding steroid dienone is 2. The Morgan fingerprint density at radius 3 is 2.69 bits per heavy atom. The van der Waals surface area contributed by atoms with Crippen LogP contribution < -0.4 is 16.4 Å². The fourth-order valence-electron chi connectivity index (χ4n) is 4.00. The lowest BCUT2D eigenvalue weighted by Crippen LogP contribution is -2.34. The van der Waals surface area contributed by atoms with Crippen LogP contribution in [-0.4, -0.2) is 68.6 Å². The minimum absolute atomic E-state index is 0.00488. The summed E-state index contributed by atoms with van der Waals surface area (Å²) < 4.78 is 47.7. The molecule has 1 amide bonds. The van der Waals surface area contributed by atoms with Crippen molar-refractivity contribution in [1.29, 1.82) is 0 Å². The van der Waals surface area contributed by atoms with Crippen molar-refractivity contribution in [3.63, 3.8) is 0 Å². The first-order valence-corrected chi connectivity index (χ1v) is 13.3. The SMILES string of the molecule is CCC/C=C(NCCCN1CCOCCC1=O)/C(=C\N=C(C)Nc1ccc(C(N)=NC)cc1CC)C(F)(F)F. The van der Waals surface area contributed by atoms with E-state index in [0.29, 0.717) is 70.1 Å². The van der Waals surface area contributed by atoms with Crippen molar-refractivity contribution in [3.8, 4) is 0 Å². The second kappa shape index (κ2) is 15.9. The number of carbonyl (C=O) groups is 1. The zero-order valence-electron chi connectivity index (χ0n) is 23.3. The molecule has 1 aromatic carbocycles. The predicted molar refractivity (Wildman–Crippen MR) is 151 cm³/mol. The normalized spacial score (nSPS) is 16.4. The van der Waals surface area contributed by atoms with Crippen molar-refractivity contribution in [2.75, 3.05) is 45.2 Å². The monoisotopic (exact) mass is 550 g/mol. The molecule has 0 atom stereocenters. The quantitative estimate of drug-likeness (QED) is 0.151. The highest BCUT2D eigenvalue weighted by atomic mass is 19.4. The summed E-state index contributed by atoms with van der Waals surface area (Å²) in [6, 6.07) is 5.52. The number of hydrogen-bond donors (Lipinski definition) is 3. The van der Waals surface area contributed by atoms with Crippen molar-refractivity contribution in [2.24, 2.45) is 15.7 Å². The number of rotatable bonds is 12. The van der Waals surface area contributed by atoms with Crippen LogP contribution in [0, 0.1) is 0 Å². The van der Waals surface area contributed by atoms with Gasteiger partial charge in [0.05, 0.1) is 25.2 Å². The Labute approximate surface area is 229 Å². The Morgan fingerprint density at radius 1 is 1.26 bits per heavy atom. The average Bonchev–Trinajstić information content (AvgIpc) is 3.11. The number of aryl methyl sites for hydroxylation is 1. The standard InChI is InChI=1S/C28H41F3N6O2/c1-5-7-9-25(34-13-8-14-37-15-17-39-16-12-26(37)38)23(28(29,30)31)19-35-20(3)36-24-11-10-22(27(32)33-4)18-21(24)6-2/h9-11,18-19,34H,5-8,12-17H2,1-4H3,(H2,32,33)(H,35,36)/b23-19+,25-9-. The van der Waals surface area contributed by atoms with E-state index in [1.165, 1.54) is 0 Å². The summed E-state index contributed by atoms with van der Waals surface area (Å²) in [6.45, 7) is 7.60. The summed E-state index contributed by atoms with van der Waals surface area (Å²) >= 11 is 0. The van der Waals surface area contributed by atoms with Crippen LogP contribution in [0.15, 0.2) is 51.7 Å². The lowest BCUT2D eigenvalue weighted by molar-refractivity contribution is -0.130. The molecule has 1 aliphatic rings. The van der Waals surface area contributed by atoms with Crippen molar-refractivity contribution >= 4 is 23.3 Å². The number of benzene rings is 1. The molecule has 11 heteroatoms. The van der Waals surface area contributed by atoms with Crippen LogP contribution >= 0.6 is 0 Å². The number of hydrogen-bond acceptors (Lipinski definition) is 5. The second-order valence-electron chi connectivity index (χ2n) is 9.14. The van der Waals surface area contributed by atoms with E-state index < -0.39 is 11.7 Å². The third kappa shape index (κ3) is 10.4. The fourth-order valence-corrected chi connectivity index (χ4v) is 4.00. The largest absolute Gasteiger partial charge is 0.419 e. The molecular formula is C28H41F3N6O2. The molecule has 4 N–H and O–H groups in total. The Bertz CT molecular complexity index is 1080. The number of carbonyl (C=O) groups excluding carboxylic acids is 1. The van der Waals surface area contributed by atoms with Crippen LogP contribution in [0.3, 0.4) is 0 Å². The highest BCUT2D eigenvalue weighted by molar-refractivity contribution is 5.99. The minimum atomic E-state index is -4.61. The van der Waals surface area contributed by atoms with E-state index in [-0.39, 0.29) is 18.1 Å². The molecule has 0 bridgehead atoms. The van der Waals surface area contributed by atoms with Gasteiger partial charge in [0, 0.05) is 49.8 Å². The first kappa shape index (κ1) is 31.9. The summed E-state index contributed by atoms with van der Waals surface area (Å²) in [5.41, 5.74) is 7.49. The van der Waals surface area contributed by atoms with Gasteiger partial charge in [0.1, 0.15) is 11.7 Å². The molecule has 1 fully saturated rings. The smallest absolute Gasteiger partial charge is 0.385 e. The summed E-state index contributed by atoms with van der Waals surface area (Å²) in [5.74, 6) is 0.726. The van der Waals surface area contributed by atoms with E-state index in [0.717, 1.165) is 23.0 Å². The van der Waals surface area contributed by atoms with Gasteiger partial charge < -0.3 is 26.0 Å². The molecule has 0 unspecified atom stereocenters. The molecule has 0 aromatic heterocycles. The molecule has 0 radical (unpaired) electrons. The molecule has 216 valence electrons. The summed E-state index contributed by atoms with van der Waals surface area (Å²) in [4.78, 5) is 21.9. The zero-order chi connectivity index (χ0) is 28.8. The van der Waals surface area contributed by atoms with Crippen LogP contribution in [0.4, 0.5) is 18.9 Å². The van der Waals surface area contributed by atoms with Crippen LogP contribution in [0.1, 0.15) is 57.6 Å². The predicted octanol–water partition coefficient (Wildman–Crippen LogP) is 4.77. The van der Waals surface area contributed by atoms with Crippen molar-refractivity contribution < 1.29 is 22.7 Å². The number of nitrogens with one attached hydrogen (secondary N) is 2. The maximum Gasteiger partial charge on any atom is 0.419 e. The number of ether oxygens (including phenoxy) is 1. The van der Waals surface area contributed by atoms with E-state index >= 15 is 0 Å². The number of nitrogens with two attached hydrogens (primary N) is 1. The van der Waals surface area contributed by atoms with Crippen LogP contribution in [0.25, 0.3) is 0 Å². The minimum Gasteiger partial charge on any atom is -0.385 e. The fraction of sp³-hybridized carbons (Fsp3) is 0.536. The van der Waals surface area contributed by atoms with Gasteiger partial charge in [-0.25, -0.2) is 4.99 Å². The van der Waals surface area contributed by atoms with Crippen LogP contribution in [0.2, 0.25) is 0 Å². The highest BCUT2D eigenvalue weighted by Gasteiger charge is 2.36. The van der Waals surface area contributed by atoms with Gasteiger partial charge in [-0.3, -0.25) is 9.79 Å². The molecule has 1 saturated heterocycles. The summed E-state index contributed by atoms with van der Waals surface area (Å²) in [5, 5.41) is 6.04. The maximum absolute atomic E-state index is 14.1. The third-order valence-corrected chi connectivity index (χ3v) is 6.20. The maximum atomic E-state index is 14.1. The van der Waals surface area contributed by atoms with Crippen LogP contribution in [0.5, 0.6) is 0 Å². The van der Waals surface area contributed by atoms with Crippen molar-refractivity contribution in [1.82, 2.24) is 10.2 Å². The van der Waals surface area contributed by atoms with E-state index in [9.17, 15) is 18.0 Å². The number of halogens is 3. The van der Waals surface area contributed by atoms with Gasteiger partial charge in [0.15, 0.2) is 0 Å². The molecule has 8 nitrogen and oxygen atoms in total. The van der Waals surface area contributed by atoms with Crippen molar-refractivity contribution in [3.05, 3.63) is 52.9 Å². The Balaban J connectivity index is 2.18. The van der Waals surface area contributed by atoms with Crippen molar-refractivity contribution in [2.45, 2.75) is 59.1 Å². The van der Waals surface area contributed by atoms with Gasteiger partial charge in [-0.1, -0.05) is 26.3 Å². The van der Waals surface area contributed by atoms with E-state index in [1.54, 1.807) is 31.0 Å². The molecule has 1 heterocycles. The number of alkyl halides is 3.